The molecule has 0 heterocycles. The number of rotatable bonds is 3. The summed E-state index contributed by atoms with van der Waals surface area (Å²) in [6, 6.07) is 13.4. The van der Waals surface area contributed by atoms with Gasteiger partial charge >= 0.3 is 5.69 Å². The molecule has 0 radical (unpaired) electrons. The number of nitrogens with zero attached hydrogens (tertiary/aromatic N) is 1. The van der Waals surface area contributed by atoms with Gasteiger partial charge in [-0.25, -0.2) is 0 Å². The molecule has 3 N–H and O–H groups in total. The minimum Gasteiger partial charge on any atom is -0.507 e. The van der Waals surface area contributed by atoms with E-state index in [9.17, 15) is 29.9 Å². The van der Waals surface area contributed by atoms with Crippen molar-refractivity contribution in [1.82, 2.24) is 0 Å². The Morgan fingerprint density at radius 2 is 1.39 bits per heavy atom. The summed E-state index contributed by atoms with van der Waals surface area (Å²) in [5, 5.41) is 34.7. The average molecular weight is 376 g/mol. The highest BCUT2D eigenvalue weighted by Gasteiger charge is 2.40. The van der Waals surface area contributed by atoms with Gasteiger partial charge in [-0.05, 0) is 36.4 Å². The lowest BCUT2D eigenvalue weighted by Crippen LogP contribution is -2.23. The molecule has 28 heavy (non-hydrogen) atoms. The fourth-order valence-electron chi connectivity index (χ4n) is 3.28. The van der Waals surface area contributed by atoms with Crippen LogP contribution in [0.5, 0.6) is 11.5 Å². The Hall–Kier alpha value is -4.20. The minimum absolute atomic E-state index is 0.0270. The van der Waals surface area contributed by atoms with E-state index in [-0.39, 0.29) is 16.8 Å². The smallest absolute Gasteiger partial charge is 0.304 e. The molecule has 0 atom stereocenters. The number of ketones is 2. The summed E-state index contributed by atoms with van der Waals surface area (Å²) in [6.07, 6.45) is 0. The fourth-order valence-corrected chi connectivity index (χ4v) is 3.28. The first-order valence-corrected chi connectivity index (χ1v) is 8.18. The van der Waals surface area contributed by atoms with Gasteiger partial charge in [-0.3, -0.25) is 19.7 Å². The van der Waals surface area contributed by atoms with Gasteiger partial charge < -0.3 is 15.5 Å². The average Bonchev–Trinajstić information content (AvgIpc) is 2.68. The predicted molar refractivity (Wildman–Crippen MR) is 99.5 cm³/mol. The molecule has 0 bridgehead atoms. The van der Waals surface area contributed by atoms with Crippen LogP contribution in [0.4, 0.5) is 17.1 Å². The van der Waals surface area contributed by atoms with Gasteiger partial charge in [-0.1, -0.05) is 18.2 Å². The molecule has 0 unspecified atom stereocenters. The molecule has 0 saturated carbocycles. The summed E-state index contributed by atoms with van der Waals surface area (Å²) >= 11 is 0. The lowest BCUT2D eigenvalue weighted by atomic mass is 9.82. The van der Waals surface area contributed by atoms with E-state index in [1.54, 1.807) is 30.3 Å². The van der Waals surface area contributed by atoms with Crippen molar-refractivity contribution in [3.8, 4) is 11.5 Å². The highest BCUT2D eigenvalue weighted by atomic mass is 16.6. The Balaban J connectivity index is 1.97. The summed E-state index contributed by atoms with van der Waals surface area (Å²) in [7, 11) is 0. The Bertz CT molecular complexity index is 1170. The van der Waals surface area contributed by atoms with Gasteiger partial charge in [-0.15, -0.1) is 0 Å². The lowest BCUT2D eigenvalue weighted by molar-refractivity contribution is -0.384. The van der Waals surface area contributed by atoms with Gasteiger partial charge in [0.1, 0.15) is 22.7 Å². The predicted octanol–water partition coefficient (Wildman–Crippen LogP) is 3.53. The van der Waals surface area contributed by atoms with Crippen LogP contribution >= 0.6 is 0 Å². The van der Waals surface area contributed by atoms with Gasteiger partial charge in [0.25, 0.3) is 0 Å². The molecule has 3 aromatic carbocycles. The van der Waals surface area contributed by atoms with Gasteiger partial charge in [0, 0.05) is 11.3 Å². The van der Waals surface area contributed by atoms with Crippen LogP contribution in [0.3, 0.4) is 0 Å². The van der Waals surface area contributed by atoms with E-state index in [0.717, 1.165) is 12.1 Å². The van der Waals surface area contributed by atoms with E-state index in [1.807, 2.05) is 0 Å². The molecule has 8 nitrogen and oxygen atoms in total. The van der Waals surface area contributed by atoms with Crippen LogP contribution in [0, 0.1) is 10.1 Å². The third kappa shape index (κ3) is 2.47. The van der Waals surface area contributed by atoms with E-state index >= 15 is 0 Å². The molecule has 3 aromatic rings. The first kappa shape index (κ1) is 17.2. The molecular formula is C20H12N2O6. The summed E-state index contributed by atoms with van der Waals surface area (Å²) in [5.41, 5.74) is -1.44. The molecule has 0 fully saturated rings. The summed E-state index contributed by atoms with van der Waals surface area (Å²) in [4.78, 5) is 36.8. The molecule has 8 heteroatoms. The molecule has 0 spiro atoms. The van der Waals surface area contributed by atoms with E-state index in [2.05, 4.69) is 5.32 Å². The van der Waals surface area contributed by atoms with Gasteiger partial charge in [0.05, 0.1) is 16.1 Å². The van der Waals surface area contributed by atoms with Gasteiger partial charge in [0.15, 0.2) is 5.78 Å². The highest BCUT2D eigenvalue weighted by molar-refractivity contribution is 6.32. The van der Waals surface area contributed by atoms with Crippen molar-refractivity contribution in [3.63, 3.8) is 0 Å². The number of hydrogen-bond donors (Lipinski definition) is 3. The standard InChI is InChI=1S/C20H12N2O6/c23-13-8-9-14(24)17-16(13)19(25)11-6-7-12(21-10-4-2-1-3-5-10)18(22(27)28)15(11)20(17)26/h1-9,21,23-24H. The number of nitrogens with one attached hydrogen (secondary N) is 1. The lowest BCUT2D eigenvalue weighted by Gasteiger charge is -2.20. The van der Waals surface area contributed by atoms with E-state index in [0.29, 0.717) is 5.69 Å². The molecule has 138 valence electrons. The van der Waals surface area contributed by atoms with Gasteiger partial charge in [-0.2, -0.15) is 0 Å². The Kier molecular flexibility index (Phi) is 3.82. The normalized spacial score (nSPS) is 12.3. The van der Waals surface area contributed by atoms with Crippen molar-refractivity contribution >= 4 is 28.6 Å². The zero-order valence-corrected chi connectivity index (χ0v) is 14.2. The molecule has 0 saturated heterocycles. The quantitative estimate of drug-likeness (QED) is 0.283. The van der Waals surface area contributed by atoms with Crippen LogP contribution in [0.15, 0.2) is 54.6 Å². The Morgan fingerprint density at radius 3 is 2.00 bits per heavy atom. The van der Waals surface area contributed by atoms with Crippen molar-refractivity contribution in [2.24, 2.45) is 0 Å². The molecule has 1 aliphatic carbocycles. The van der Waals surface area contributed by atoms with Crippen molar-refractivity contribution in [1.29, 1.82) is 0 Å². The van der Waals surface area contributed by atoms with E-state index in [1.165, 1.54) is 12.1 Å². The molecule has 0 aromatic heterocycles. The first-order valence-electron chi connectivity index (χ1n) is 8.18. The molecule has 0 aliphatic heterocycles. The number of carbonyl (C=O) groups excluding carboxylic acids is 2. The Labute approximate surface area is 157 Å². The monoisotopic (exact) mass is 376 g/mol. The van der Waals surface area contributed by atoms with Crippen LogP contribution < -0.4 is 5.32 Å². The summed E-state index contributed by atoms with van der Waals surface area (Å²) < 4.78 is 0. The zero-order chi connectivity index (χ0) is 20.0. The summed E-state index contributed by atoms with van der Waals surface area (Å²) in [6.45, 7) is 0. The third-order valence-corrected chi connectivity index (χ3v) is 4.50. The number of aromatic hydroxyl groups is 2. The Morgan fingerprint density at radius 1 is 0.786 bits per heavy atom. The molecular weight excluding hydrogens is 364 g/mol. The van der Waals surface area contributed by atoms with Crippen LogP contribution in [0.25, 0.3) is 0 Å². The van der Waals surface area contributed by atoms with Gasteiger partial charge in [0.2, 0.25) is 5.78 Å². The SMILES string of the molecule is O=C1c2ccc(Nc3ccccc3)c([N+](=O)[O-])c2C(=O)c2c(O)ccc(O)c21. The second-order valence-electron chi connectivity index (χ2n) is 6.14. The maximum absolute atomic E-state index is 13.0. The van der Waals surface area contributed by atoms with Crippen molar-refractivity contribution in [2.45, 2.75) is 0 Å². The van der Waals surface area contributed by atoms with E-state index < -0.39 is 44.8 Å². The summed E-state index contributed by atoms with van der Waals surface area (Å²) in [5.74, 6) is -2.69. The number of nitro benzene ring substituents is 1. The number of anilines is 2. The second-order valence-corrected chi connectivity index (χ2v) is 6.14. The van der Waals surface area contributed by atoms with Crippen molar-refractivity contribution in [3.05, 3.63) is 87.0 Å². The maximum Gasteiger partial charge on any atom is 0.304 e. The van der Waals surface area contributed by atoms with Crippen LogP contribution in [-0.4, -0.2) is 26.7 Å². The van der Waals surface area contributed by atoms with E-state index in [4.69, 9.17) is 0 Å². The molecule has 0 amide bonds. The van der Waals surface area contributed by atoms with Crippen molar-refractivity contribution in [2.75, 3.05) is 5.32 Å². The third-order valence-electron chi connectivity index (χ3n) is 4.50. The molecule has 4 rings (SSSR count). The number of fused-ring (bicyclic) bond motifs is 2. The minimum atomic E-state index is -0.901. The van der Waals surface area contributed by atoms with Crippen LogP contribution in [0.2, 0.25) is 0 Å². The second kappa shape index (κ2) is 6.20. The number of phenols is 2. The zero-order valence-electron chi connectivity index (χ0n) is 14.2. The van der Waals surface area contributed by atoms with Crippen LogP contribution in [0.1, 0.15) is 31.8 Å². The number of phenolic OH excluding ortho intramolecular Hbond substituents is 2. The number of hydrogen-bond acceptors (Lipinski definition) is 7. The topological polar surface area (TPSA) is 130 Å². The highest BCUT2D eigenvalue weighted by Crippen LogP contribution is 2.43. The largest absolute Gasteiger partial charge is 0.507 e. The fraction of sp³-hybridized carbons (Fsp3) is 0. The first-order chi connectivity index (χ1) is 13.4. The molecule has 1 aliphatic rings. The number of benzene rings is 3. The van der Waals surface area contributed by atoms with Crippen LogP contribution in [-0.2, 0) is 0 Å². The number of carbonyl (C=O) groups is 2. The van der Waals surface area contributed by atoms with Crippen molar-refractivity contribution < 1.29 is 24.7 Å². The number of nitro groups is 1. The number of para-hydroxylation sites is 1. The maximum atomic E-state index is 13.0.